The number of nitrogens with one attached hydrogen (secondary N) is 2. The summed E-state index contributed by atoms with van der Waals surface area (Å²) in [6.45, 7) is 3.75. The maximum Gasteiger partial charge on any atom is 0.276 e. The summed E-state index contributed by atoms with van der Waals surface area (Å²) in [7, 11) is 0. The second-order valence-corrected chi connectivity index (χ2v) is 5.30. The Hall–Kier alpha value is -2.82. The third-order valence-electron chi connectivity index (χ3n) is 3.34. The second-order valence-electron chi connectivity index (χ2n) is 5.30. The van der Waals surface area contributed by atoms with E-state index in [9.17, 15) is 9.59 Å². The van der Waals surface area contributed by atoms with Gasteiger partial charge in [-0.3, -0.25) is 20.4 Å². The van der Waals surface area contributed by atoms with Crippen LogP contribution >= 0.6 is 0 Å². The van der Waals surface area contributed by atoms with Gasteiger partial charge in [0.05, 0.1) is 6.42 Å². The molecule has 0 aliphatic rings. The van der Waals surface area contributed by atoms with Crippen LogP contribution in [0.3, 0.4) is 0 Å². The Kier molecular flexibility index (Phi) is 5.74. The van der Waals surface area contributed by atoms with Crippen LogP contribution in [-0.4, -0.2) is 18.4 Å². The van der Waals surface area contributed by atoms with Crippen molar-refractivity contribution in [2.24, 2.45) is 0 Å². The molecule has 0 saturated carbocycles. The highest BCUT2D eigenvalue weighted by Gasteiger charge is 2.07. The fourth-order valence-corrected chi connectivity index (χ4v) is 1.98. The minimum atomic E-state index is -0.413. The summed E-state index contributed by atoms with van der Waals surface area (Å²) in [6.07, 6.45) is 0.214. The van der Waals surface area contributed by atoms with Crippen LogP contribution < -0.4 is 15.6 Å². The minimum Gasteiger partial charge on any atom is -0.484 e. The highest BCUT2D eigenvalue weighted by Crippen LogP contribution is 2.11. The van der Waals surface area contributed by atoms with Gasteiger partial charge in [0.25, 0.3) is 5.91 Å². The second kappa shape index (κ2) is 7.98. The van der Waals surface area contributed by atoms with Gasteiger partial charge in [-0.15, -0.1) is 0 Å². The van der Waals surface area contributed by atoms with E-state index in [0.29, 0.717) is 5.75 Å². The summed E-state index contributed by atoms with van der Waals surface area (Å²) >= 11 is 0. The summed E-state index contributed by atoms with van der Waals surface area (Å²) in [6, 6.07) is 15.0. The molecule has 0 aliphatic carbocycles. The summed E-state index contributed by atoms with van der Waals surface area (Å²) in [5, 5.41) is 0. The largest absolute Gasteiger partial charge is 0.484 e. The lowest BCUT2D eigenvalue weighted by atomic mass is 10.1. The van der Waals surface area contributed by atoms with Crippen LogP contribution in [-0.2, 0) is 16.0 Å². The van der Waals surface area contributed by atoms with Crippen molar-refractivity contribution in [3.05, 3.63) is 65.2 Å². The summed E-state index contributed by atoms with van der Waals surface area (Å²) in [5.41, 5.74) is 7.81. The number of ether oxygens (including phenoxy) is 1. The number of benzene rings is 2. The van der Waals surface area contributed by atoms with Crippen LogP contribution in [0.1, 0.15) is 16.7 Å². The van der Waals surface area contributed by atoms with Crippen LogP contribution in [0.15, 0.2) is 48.5 Å². The Morgan fingerprint density at radius 3 is 2.26 bits per heavy atom. The fraction of sp³-hybridized carbons (Fsp3) is 0.222. The third kappa shape index (κ3) is 5.47. The van der Waals surface area contributed by atoms with Crippen molar-refractivity contribution in [2.45, 2.75) is 20.3 Å². The highest BCUT2D eigenvalue weighted by molar-refractivity contribution is 5.84. The molecule has 23 heavy (non-hydrogen) atoms. The number of carbonyl (C=O) groups excluding carboxylic acids is 2. The number of amides is 2. The van der Waals surface area contributed by atoms with Gasteiger partial charge in [-0.2, -0.15) is 0 Å². The van der Waals surface area contributed by atoms with Crippen molar-refractivity contribution in [1.82, 2.24) is 10.9 Å². The summed E-state index contributed by atoms with van der Waals surface area (Å²) < 4.78 is 5.33. The molecule has 0 heterocycles. The first-order valence-corrected chi connectivity index (χ1v) is 7.36. The maximum absolute atomic E-state index is 11.8. The topological polar surface area (TPSA) is 67.4 Å². The van der Waals surface area contributed by atoms with E-state index >= 15 is 0 Å². The predicted molar refractivity (Wildman–Crippen MR) is 87.8 cm³/mol. The Morgan fingerprint density at radius 2 is 1.57 bits per heavy atom. The first kappa shape index (κ1) is 16.5. The van der Waals surface area contributed by atoms with Gasteiger partial charge in [-0.1, -0.05) is 42.0 Å². The Labute approximate surface area is 135 Å². The van der Waals surface area contributed by atoms with Crippen LogP contribution in [0.4, 0.5) is 0 Å². The lowest BCUT2D eigenvalue weighted by Crippen LogP contribution is -2.44. The third-order valence-corrected chi connectivity index (χ3v) is 3.34. The molecule has 2 rings (SSSR count). The molecular formula is C18H20N2O3. The van der Waals surface area contributed by atoms with Crippen molar-refractivity contribution in [2.75, 3.05) is 6.61 Å². The molecule has 2 aromatic carbocycles. The zero-order chi connectivity index (χ0) is 16.7. The van der Waals surface area contributed by atoms with Crippen LogP contribution in [0.25, 0.3) is 0 Å². The standard InChI is InChI=1S/C18H20N2O3/c1-13-7-9-16(10-8-13)23-12-18(22)20-19-17(21)11-15-6-4-3-5-14(15)2/h3-10H,11-12H2,1-2H3,(H,19,21)(H,20,22). The zero-order valence-corrected chi connectivity index (χ0v) is 13.3. The first-order valence-electron chi connectivity index (χ1n) is 7.36. The van der Waals surface area contributed by atoms with Crippen molar-refractivity contribution in [1.29, 1.82) is 0 Å². The van der Waals surface area contributed by atoms with E-state index in [1.807, 2.05) is 50.2 Å². The van der Waals surface area contributed by atoms with Crippen LogP contribution in [0.5, 0.6) is 5.75 Å². The van der Waals surface area contributed by atoms with Crippen molar-refractivity contribution in [3.63, 3.8) is 0 Å². The van der Waals surface area contributed by atoms with E-state index in [1.165, 1.54) is 0 Å². The predicted octanol–water partition coefficient (Wildman–Crippen LogP) is 2.07. The van der Waals surface area contributed by atoms with E-state index in [-0.39, 0.29) is 18.9 Å². The molecule has 2 amide bonds. The lowest BCUT2D eigenvalue weighted by molar-refractivity contribution is -0.129. The Balaban J connectivity index is 1.72. The van der Waals surface area contributed by atoms with Crippen molar-refractivity contribution in [3.8, 4) is 5.75 Å². The molecule has 120 valence electrons. The molecule has 2 aromatic rings. The molecule has 2 N–H and O–H groups in total. The highest BCUT2D eigenvalue weighted by atomic mass is 16.5. The molecule has 0 aliphatic heterocycles. The minimum absolute atomic E-state index is 0.159. The fourth-order valence-electron chi connectivity index (χ4n) is 1.98. The van der Waals surface area contributed by atoms with Gasteiger partial charge in [-0.25, -0.2) is 0 Å². The van der Waals surface area contributed by atoms with Gasteiger partial charge < -0.3 is 4.74 Å². The summed E-state index contributed by atoms with van der Waals surface area (Å²) in [4.78, 5) is 23.5. The molecule has 0 radical (unpaired) electrons. The quantitative estimate of drug-likeness (QED) is 0.831. The smallest absolute Gasteiger partial charge is 0.276 e. The van der Waals surface area contributed by atoms with Gasteiger partial charge in [0.2, 0.25) is 5.91 Å². The molecule has 0 aromatic heterocycles. The first-order chi connectivity index (χ1) is 11.0. The van der Waals surface area contributed by atoms with Gasteiger partial charge in [0.15, 0.2) is 6.61 Å². The Bertz CT molecular complexity index is 681. The number of rotatable bonds is 5. The zero-order valence-electron chi connectivity index (χ0n) is 13.3. The number of hydrogen-bond donors (Lipinski definition) is 2. The summed E-state index contributed by atoms with van der Waals surface area (Å²) in [5.74, 6) is -0.0799. The average molecular weight is 312 g/mol. The normalized spacial score (nSPS) is 10.0. The molecule has 0 atom stereocenters. The molecule has 0 saturated heterocycles. The van der Waals surface area contributed by atoms with Crippen molar-refractivity contribution >= 4 is 11.8 Å². The van der Waals surface area contributed by atoms with E-state index in [1.54, 1.807) is 12.1 Å². The monoisotopic (exact) mass is 312 g/mol. The molecule has 0 fully saturated rings. The molecule has 0 bridgehead atoms. The van der Waals surface area contributed by atoms with Gasteiger partial charge in [0.1, 0.15) is 5.75 Å². The number of hydrazine groups is 1. The van der Waals surface area contributed by atoms with Crippen LogP contribution in [0.2, 0.25) is 0 Å². The molecule has 0 unspecified atom stereocenters. The Morgan fingerprint density at radius 1 is 0.913 bits per heavy atom. The molecule has 5 heteroatoms. The van der Waals surface area contributed by atoms with Crippen LogP contribution in [0, 0.1) is 13.8 Å². The number of hydrogen-bond acceptors (Lipinski definition) is 3. The van der Waals surface area contributed by atoms with Gasteiger partial charge in [0, 0.05) is 0 Å². The average Bonchev–Trinajstić information content (AvgIpc) is 2.54. The molecular weight excluding hydrogens is 292 g/mol. The number of aryl methyl sites for hydroxylation is 2. The SMILES string of the molecule is Cc1ccc(OCC(=O)NNC(=O)Cc2ccccc2C)cc1. The molecule has 0 spiro atoms. The van der Waals surface area contributed by atoms with Gasteiger partial charge in [-0.05, 0) is 37.1 Å². The van der Waals surface area contributed by atoms with E-state index in [0.717, 1.165) is 16.7 Å². The lowest BCUT2D eigenvalue weighted by Gasteiger charge is -2.10. The van der Waals surface area contributed by atoms with E-state index in [2.05, 4.69) is 10.9 Å². The van der Waals surface area contributed by atoms with Crippen molar-refractivity contribution < 1.29 is 14.3 Å². The number of carbonyl (C=O) groups is 2. The van der Waals surface area contributed by atoms with E-state index < -0.39 is 5.91 Å². The van der Waals surface area contributed by atoms with E-state index in [4.69, 9.17) is 4.74 Å². The molecule has 5 nitrogen and oxygen atoms in total. The van der Waals surface area contributed by atoms with Gasteiger partial charge >= 0.3 is 0 Å². The maximum atomic E-state index is 11.8.